The van der Waals surface area contributed by atoms with E-state index in [1.807, 2.05) is 0 Å². The molecule has 5 heteroatoms. The Hall–Kier alpha value is -1.81. The van der Waals surface area contributed by atoms with E-state index in [1.54, 1.807) is 36.8 Å². The Morgan fingerprint density at radius 2 is 2.20 bits per heavy atom. The SMILES string of the molecule is Nc1cccnc1Nc1cncc(Cl)c1. The van der Waals surface area contributed by atoms with E-state index in [2.05, 4.69) is 15.3 Å². The van der Waals surface area contributed by atoms with Gasteiger partial charge in [0.1, 0.15) is 0 Å². The first-order chi connectivity index (χ1) is 7.25. The van der Waals surface area contributed by atoms with Gasteiger partial charge in [-0.25, -0.2) is 4.98 Å². The van der Waals surface area contributed by atoms with E-state index < -0.39 is 0 Å². The number of anilines is 3. The van der Waals surface area contributed by atoms with Gasteiger partial charge in [-0.1, -0.05) is 11.6 Å². The van der Waals surface area contributed by atoms with Gasteiger partial charge in [0.05, 0.1) is 22.6 Å². The van der Waals surface area contributed by atoms with Crippen LogP contribution >= 0.6 is 11.6 Å². The molecule has 0 saturated heterocycles. The number of rotatable bonds is 2. The molecule has 3 N–H and O–H groups in total. The molecule has 0 aliphatic heterocycles. The summed E-state index contributed by atoms with van der Waals surface area (Å²) < 4.78 is 0. The minimum atomic E-state index is 0.564. The Bertz CT molecular complexity index is 472. The maximum Gasteiger partial charge on any atom is 0.153 e. The van der Waals surface area contributed by atoms with Crippen molar-refractivity contribution in [3.8, 4) is 0 Å². The van der Waals surface area contributed by atoms with Crippen molar-refractivity contribution in [2.45, 2.75) is 0 Å². The van der Waals surface area contributed by atoms with Crippen molar-refractivity contribution in [1.82, 2.24) is 9.97 Å². The van der Waals surface area contributed by atoms with Crippen molar-refractivity contribution < 1.29 is 0 Å². The summed E-state index contributed by atoms with van der Waals surface area (Å²) in [7, 11) is 0. The smallest absolute Gasteiger partial charge is 0.153 e. The van der Waals surface area contributed by atoms with Gasteiger partial charge in [0.25, 0.3) is 0 Å². The lowest BCUT2D eigenvalue weighted by Gasteiger charge is -2.07. The minimum absolute atomic E-state index is 0.564. The second-order valence-corrected chi connectivity index (χ2v) is 3.39. The Morgan fingerprint density at radius 1 is 1.33 bits per heavy atom. The second kappa shape index (κ2) is 4.14. The molecule has 0 unspecified atom stereocenters. The molecule has 2 heterocycles. The highest BCUT2D eigenvalue weighted by Gasteiger charge is 2.00. The largest absolute Gasteiger partial charge is 0.396 e. The van der Waals surface area contributed by atoms with Crippen LogP contribution in [0.4, 0.5) is 17.2 Å². The Kier molecular flexibility index (Phi) is 2.69. The molecule has 0 bridgehead atoms. The van der Waals surface area contributed by atoms with E-state index in [1.165, 1.54) is 0 Å². The Labute approximate surface area is 92.1 Å². The number of hydrogen-bond acceptors (Lipinski definition) is 4. The number of nitrogens with zero attached hydrogens (tertiary/aromatic N) is 2. The monoisotopic (exact) mass is 220 g/mol. The topological polar surface area (TPSA) is 63.8 Å². The van der Waals surface area contributed by atoms with E-state index in [0.717, 1.165) is 5.69 Å². The molecule has 2 aromatic rings. The summed E-state index contributed by atoms with van der Waals surface area (Å²) in [5.74, 6) is 0.599. The summed E-state index contributed by atoms with van der Waals surface area (Å²) in [5.41, 5.74) is 7.07. The third kappa shape index (κ3) is 2.35. The van der Waals surface area contributed by atoms with E-state index in [0.29, 0.717) is 16.5 Å². The molecule has 76 valence electrons. The number of halogens is 1. The predicted octanol–water partition coefficient (Wildman–Crippen LogP) is 2.46. The molecule has 0 saturated carbocycles. The molecular weight excluding hydrogens is 212 g/mol. The third-order valence-electron chi connectivity index (χ3n) is 1.81. The van der Waals surface area contributed by atoms with Crippen LogP contribution in [0.5, 0.6) is 0 Å². The molecule has 0 aliphatic carbocycles. The van der Waals surface area contributed by atoms with Crippen LogP contribution in [0.2, 0.25) is 5.02 Å². The first kappa shape index (κ1) is 9.73. The standard InChI is InChI=1S/C10H9ClN4/c11-7-4-8(6-13-5-7)15-10-9(12)2-1-3-14-10/h1-6H,12H2,(H,14,15). The van der Waals surface area contributed by atoms with Crippen LogP contribution in [0.25, 0.3) is 0 Å². The predicted molar refractivity (Wildman–Crippen MR) is 61.2 cm³/mol. The summed E-state index contributed by atoms with van der Waals surface area (Å²) in [4.78, 5) is 8.04. The fourth-order valence-corrected chi connectivity index (χ4v) is 1.31. The summed E-state index contributed by atoms with van der Waals surface area (Å²) in [6.45, 7) is 0. The summed E-state index contributed by atoms with van der Waals surface area (Å²) in [6.07, 6.45) is 4.88. The second-order valence-electron chi connectivity index (χ2n) is 2.96. The average molecular weight is 221 g/mol. The molecule has 2 aromatic heterocycles. The first-order valence-electron chi connectivity index (χ1n) is 4.34. The molecule has 2 rings (SSSR count). The summed E-state index contributed by atoms with van der Waals surface area (Å²) in [5, 5.41) is 3.59. The fourth-order valence-electron chi connectivity index (χ4n) is 1.14. The quantitative estimate of drug-likeness (QED) is 0.816. The van der Waals surface area contributed by atoms with Crippen LogP contribution in [0.3, 0.4) is 0 Å². The summed E-state index contributed by atoms with van der Waals surface area (Å²) >= 11 is 5.80. The van der Waals surface area contributed by atoms with Crippen LogP contribution in [-0.4, -0.2) is 9.97 Å². The van der Waals surface area contributed by atoms with Crippen LogP contribution in [0.1, 0.15) is 0 Å². The van der Waals surface area contributed by atoms with Gasteiger partial charge in [0, 0.05) is 12.4 Å². The number of pyridine rings is 2. The fraction of sp³-hybridized carbons (Fsp3) is 0. The zero-order valence-electron chi connectivity index (χ0n) is 7.81. The lowest BCUT2D eigenvalue weighted by atomic mass is 10.3. The lowest BCUT2D eigenvalue weighted by Crippen LogP contribution is -1.98. The van der Waals surface area contributed by atoms with Gasteiger partial charge >= 0.3 is 0 Å². The molecule has 0 aliphatic rings. The molecule has 0 spiro atoms. The number of nitrogen functional groups attached to an aromatic ring is 1. The van der Waals surface area contributed by atoms with Gasteiger partial charge in [-0.3, -0.25) is 4.98 Å². The Balaban J connectivity index is 2.26. The van der Waals surface area contributed by atoms with Crippen molar-refractivity contribution in [1.29, 1.82) is 0 Å². The van der Waals surface area contributed by atoms with Gasteiger partial charge in [0.15, 0.2) is 5.82 Å². The van der Waals surface area contributed by atoms with Crippen molar-refractivity contribution in [3.63, 3.8) is 0 Å². The molecule has 4 nitrogen and oxygen atoms in total. The zero-order valence-corrected chi connectivity index (χ0v) is 8.57. The molecule has 0 atom stereocenters. The lowest BCUT2D eigenvalue weighted by molar-refractivity contribution is 1.28. The molecular formula is C10H9ClN4. The molecule has 0 radical (unpaired) electrons. The number of nitrogens with one attached hydrogen (secondary N) is 1. The van der Waals surface area contributed by atoms with E-state index in [-0.39, 0.29) is 0 Å². The van der Waals surface area contributed by atoms with Crippen LogP contribution in [-0.2, 0) is 0 Å². The van der Waals surface area contributed by atoms with Crippen LogP contribution < -0.4 is 11.1 Å². The first-order valence-corrected chi connectivity index (χ1v) is 4.71. The van der Waals surface area contributed by atoms with E-state index >= 15 is 0 Å². The molecule has 0 fully saturated rings. The van der Waals surface area contributed by atoms with Gasteiger partial charge < -0.3 is 11.1 Å². The minimum Gasteiger partial charge on any atom is -0.396 e. The van der Waals surface area contributed by atoms with Gasteiger partial charge in [-0.05, 0) is 18.2 Å². The van der Waals surface area contributed by atoms with E-state index in [9.17, 15) is 0 Å². The van der Waals surface area contributed by atoms with Crippen molar-refractivity contribution in [2.24, 2.45) is 0 Å². The van der Waals surface area contributed by atoms with Crippen LogP contribution in [0, 0.1) is 0 Å². The third-order valence-corrected chi connectivity index (χ3v) is 2.01. The Morgan fingerprint density at radius 3 is 2.93 bits per heavy atom. The van der Waals surface area contributed by atoms with Gasteiger partial charge in [-0.15, -0.1) is 0 Å². The average Bonchev–Trinajstić information content (AvgIpc) is 2.22. The normalized spacial score (nSPS) is 9.93. The van der Waals surface area contributed by atoms with Crippen molar-refractivity contribution in [2.75, 3.05) is 11.1 Å². The molecule has 0 amide bonds. The maximum absolute atomic E-state index is 5.80. The van der Waals surface area contributed by atoms with E-state index in [4.69, 9.17) is 17.3 Å². The number of nitrogens with two attached hydrogens (primary N) is 1. The molecule has 0 aromatic carbocycles. The zero-order chi connectivity index (χ0) is 10.7. The van der Waals surface area contributed by atoms with Gasteiger partial charge in [0.2, 0.25) is 0 Å². The van der Waals surface area contributed by atoms with Crippen LogP contribution in [0.15, 0.2) is 36.8 Å². The highest BCUT2D eigenvalue weighted by molar-refractivity contribution is 6.30. The maximum atomic E-state index is 5.80. The van der Waals surface area contributed by atoms with Gasteiger partial charge in [-0.2, -0.15) is 0 Å². The highest BCUT2D eigenvalue weighted by Crippen LogP contribution is 2.20. The number of hydrogen-bond donors (Lipinski definition) is 2. The number of aromatic nitrogens is 2. The van der Waals surface area contributed by atoms with Crippen molar-refractivity contribution >= 4 is 28.8 Å². The molecule has 15 heavy (non-hydrogen) atoms. The highest BCUT2D eigenvalue weighted by atomic mass is 35.5. The van der Waals surface area contributed by atoms with Crippen molar-refractivity contribution in [3.05, 3.63) is 41.8 Å². The summed E-state index contributed by atoms with van der Waals surface area (Å²) in [6, 6.07) is 5.30.